The van der Waals surface area contributed by atoms with Crippen molar-refractivity contribution < 1.29 is 4.74 Å². The number of anilines is 1. The molecule has 0 bridgehead atoms. The second-order valence-corrected chi connectivity index (χ2v) is 5.48. The van der Waals surface area contributed by atoms with Gasteiger partial charge in [0.15, 0.2) is 0 Å². The Balaban J connectivity index is 1.87. The molecule has 0 saturated carbocycles. The molecule has 2 rings (SSSR count). The minimum atomic E-state index is -0.0456. The van der Waals surface area contributed by atoms with Crippen molar-refractivity contribution in [3.05, 3.63) is 56.9 Å². The number of nitrogen functional groups attached to an aromatic ring is 1. The summed E-state index contributed by atoms with van der Waals surface area (Å²) < 4.78 is 8.23. The minimum absolute atomic E-state index is 0.0456. The molecule has 4 nitrogen and oxygen atoms in total. The third-order valence-electron chi connectivity index (χ3n) is 2.89. The number of ether oxygens (including phenoxy) is 1. The third kappa shape index (κ3) is 3.87. The zero-order valence-corrected chi connectivity index (χ0v) is 12.9. The number of nitrogens with zero attached hydrogens (tertiary/aromatic N) is 1. The molecule has 2 aromatic rings. The van der Waals surface area contributed by atoms with E-state index in [2.05, 4.69) is 15.9 Å². The van der Waals surface area contributed by atoms with E-state index in [0.717, 1.165) is 16.6 Å². The van der Waals surface area contributed by atoms with Gasteiger partial charge in [-0.1, -0.05) is 6.07 Å². The van der Waals surface area contributed by atoms with Crippen LogP contribution in [0.1, 0.15) is 12.0 Å². The number of aryl methyl sites for hydroxylation is 2. The van der Waals surface area contributed by atoms with Crippen LogP contribution in [0, 0.1) is 6.92 Å². The average Bonchev–Trinajstić information content (AvgIpc) is 2.40. The van der Waals surface area contributed by atoms with E-state index in [-0.39, 0.29) is 5.56 Å². The first-order chi connectivity index (χ1) is 9.56. The Morgan fingerprint density at radius 2 is 2.10 bits per heavy atom. The minimum Gasteiger partial charge on any atom is -0.492 e. The van der Waals surface area contributed by atoms with Crippen LogP contribution in [0.3, 0.4) is 0 Å². The number of rotatable bonds is 5. The van der Waals surface area contributed by atoms with Crippen molar-refractivity contribution in [2.45, 2.75) is 19.9 Å². The van der Waals surface area contributed by atoms with Gasteiger partial charge in [0.2, 0.25) is 0 Å². The standard InChI is InChI=1S/C15H17BrN2O2/c1-11-3-5-14(13(16)9-11)20-8-2-7-18-10-12(17)4-6-15(18)19/h3-6,9-10H,2,7-8,17H2,1H3. The van der Waals surface area contributed by atoms with E-state index in [1.165, 1.54) is 11.6 Å². The summed E-state index contributed by atoms with van der Waals surface area (Å²) in [6.07, 6.45) is 2.40. The number of hydrogen-bond acceptors (Lipinski definition) is 3. The van der Waals surface area contributed by atoms with Crippen molar-refractivity contribution in [1.29, 1.82) is 0 Å². The maximum Gasteiger partial charge on any atom is 0.250 e. The van der Waals surface area contributed by atoms with Crippen LogP contribution in [0.4, 0.5) is 5.69 Å². The van der Waals surface area contributed by atoms with Gasteiger partial charge in [0.25, 0.3) is 5.56 Å². The predicted molar refractivity (Wildman–Crippen MR) is 84.1 cm³/mol. The fraction of sp³-hybridized carbons (Fsp3) is 0.267. The Bertz CT molecular complexity index is 653. The number of hydrogen-bond donors (Lipinski definition) is 1. The lowest BCUT2D eigenvalue weighted by Crippen LogP contribution is -2.20. The van der Waals surface area contributed by atoms with Crippen LogP contribution >= 0.6 is 15.9 Å². The van der Waals surface area contributed by atoms with E-state index >= 15 is 0 Å². The maximum atomic E-state index is 11.6. The average molecular weight is 337 g/mol. The van der Waals surface area contributed by atoms with E-state index in [1.54, 1.807) is 16.8 Å². The van der Waals surface area contributed by atoms with Crippen molar-refractivity contribution >= 4 is 21.6 Å². The number of pyridine rings is 1. The van der Waals surface area contributed by atoms with E-state index in [9.17, 15) is 4.79 Å². The van der Waals surface area contributed by atoms with Gasteiger partial charge in [0.1, 0.15) is 5.75 Å². The summed E-state index contributed by atoms with van der Waals surface area (Å²) >= 11 is 3.47. The largest absolute Gasteiger partial charge is 0.492 e. The molecule has 0 aliphatic heterocycles. The topological polar surface area (TPSA) is 57.2 Å². The molecule has 0 aliphatic rings. The molecular formula is C15H17BrN2O2. The van der Waals surface area contributed by atoms with Crippen LogP contribution in [-0.2, 0) is 6.54 Å². The first-order valence-corrected chi connectivity index (χ1v) is 7.20. The molecule has 0 fully saturated rings. The smallest absolute Gasteiger partial charge is 0.250 e. The Hall–Kier alpha value is -1.75. The van der Waals surface area contributed by atoms with E-state index in [4.69, 9.17) is 10.5 Å². The molecule has 0 radical (unpaired) electrons. The molecule has 0 aliphatic carbocycles. The Labute approximate surface area is 126 Å². The van der Waals surface area contributed by atoms with E-state index in [1.807, 2.05) is 25.1 Å². The molecule has 1 aromatic heterocycles. The third-order valence-corrected chi connectivity index (χ3v) is 3.51. The molecule has 0 unspecified atom stereocenters. The van der Waals surface area contributed by atoms with Crippen molar-refractivity contribution in [2.24, 2.45) is 0 Å². The van der Waals surface area contributed by atoms with Gasteiger partial charge in [-0.3, -0.25) is 4.79 Å². The summed E-state index contributed by atoms with van der Waals surface area (Å²) in [6, 6.07) is 9.04. The fourth-order valence-electron chi connectivity index (χ4n) is 1.86. The summed E-state index contributed by atoms with van der Waals surface area (Å²) in [5, 5.41) is 0. The Kier molecular flexibility index (Phi) is 4.84. The highest BCUT2D eigenvalue weighted by Crippen LogP contribution is 2.25. The van der Waals surface area contributed by atoms with Crippen molar-refractivity contribution in [2.75, 3.05) is 12.3 Å². The molecule has 106 valence electrons. The zero-order chi connectivity index (χ0) is 14.5. The SMILES string of the molecule is Cc1ccc(OCCCn2cc(N)ccc2=O)c(Br)c1. The van der Waals surface area contributed by atoms with Gasteiger partial charge in [-0.15, -0.1) is 0 Å². The Morgan fingerprint density at radius 1 is 1.30 bits per heavy atom. The van der Waals surface area contributed by atoms with Gasteiger partial charge in [-0.25, -0.2) is 0 Å². The number of benzene rings is 1. The number of nitrogens with two attached hydrogens (primary N) is 1. The predicted octanol–water partition coefficient (Wildman–Crippen LogP) is 2.97. The molecule has 5 heteroatoms. The highest BCUT2D eigenvalue weighted by Gasteiger charge is 2.01. The molecule has 20 heavy (non-hydrogen) atoms. The lowest BCUT2D eigenvalue weighted by molar-refractivity contribution is 0.299. The molecule has 0 amide bonds. The second kappa shape index (κ2) is 6.61. The van der Waals surface area contributed by atoms with Gasteiger partial charge >= 0.3 is 0 Å². The van der Waals surface area contributed by atoms with Crippen molar-refractivity contribution in [3.63, 3.8) is 0 Å². The quantitative estimate of drug-likeness (QED) is 0.854. The fourth-order valence-corrected chi connectivity index (χ4v) is 2.47. The first kappa shape index (κ1) is 14.7. The monoisotopic (exact) mass is 336 g/mol. The molecular weight excluding hydrogens is 320 g/mol. The summed E-state index contributed by atoms with van der Waals surface area (Å²) in [4.78, 5) is 11.6. The highest BCUT2D eigenvalue weighted by atomic mass is 79.9. The van der Waals surface area contributed by atoms with Gasteiger partial charge in [0.05, 0.1) is 11.1 Å². The summed E-state index contributed by atoms with van der Waals surface area (Å²) in [5.74, 6) is 0.815. The lowest BCUT2D eigenvalue weighted by atomic mass is 10.2. The first-order valence-electron chi connectivity index (χ1n) is 6.41. The van der Waals surface area contributed by atoms with Crippen molar-refractivity contribution in [1.82, 2.24) is 4.57 Å². The molecule has 0 atom stereocenters. The van der Waals surface area contributed by atoms with Gasteiger partial charge in [-0.2, -0.15) is 0 Å². The highest BCUT2D eigenvalue weighted by molar-refractivity contribution is 9.10. The van der Waals surface area contributed by atoms with Crippen LogP contribution in [0.25, 0.3) is 0 Å². The van der Waals surface area contributed by atoms with Crippen LogP contribution in [0.5, 0.6) is 5.75 Å². The van der Waals surface area contributed by atoms with E-state index < -0.39 is 0 Å². The van der Waals surface area contributed by atoms with Gasteiger partial charge < -0.3 is 15.0 Å². The van der Waals surface area contributed by atoms with Gasteiger partial charge in [0, 0.05) is 24.5 Å². The van der Waals surface area contributed by atoms with Crippen LogP contribution in [0.2, 0.25) is 0 Å². The molecule has 1 aromatic carbocycles. The molecule has 1 heterocycles. The van der Waals surface area contributed by atoms with Gasteiger partial charge in [-0.05, 0) is 53.0 Å². The lowest BCUT2D eigenvalue weighted by Gasteiger charge is -2.10. The van der Waals surface area contributed by atoms with Crippen LogP contribution in [0.15, 0.2) is 45.8 Å². The summed E-state index contributed by atoms with van der Waals surface area (Å²) in [7, 11) is 0. The molecule has 0 saturated heterocycles. The summed E-state index contributed by atoms with van der Waals surface area (Å²) in [6.45, 7) is 3.16. The van der Waals surface area contributed by atoms with Crippen LogP contribution < -0.4 is 16.0 Å². The van der Waals surface area contributed by atoms with E-state index in [0.29, 0.717) is 18.8 Å². The number of halogens is 1. The Morgan fingerprint density at radius 3 is 2.85 bits per heavy atom. The summed E-state index contributed by atoms with van der Waals surface area (Å²) in [5.41, 5.74) is 7.38. The zero-order valence-electron chi connectivity index (χ0n) is 11.3. The van der Waals surface area contributed by atoms with Crippen LogP contribution in [-0.4, -0.2) is 11.2 Å². The second-order valence-electron chi connectivity index (χ2n) is 4.63. The molecule has 2 N–H and O–H groups in total. The van der Waals surface area contributed by atoms with Crippen molar-refractivity contribution in [3.8, 4) is 5.75 Å². The molecule has 0 spiro atoms. The number of aromatic nitrogens is 1. The normalized spacial score (nSPS) is 10.5. The maximum absolute atomic E-state index is 11.6.